The van der Waals surface area contributed by atoms with E-state index in [-0.39, 0.29) is 36.3 Å². The molecule has 0 spiro atoms. The first-order valence-electron chi connectivity index (χ1n) is 9.22. The molecule has 1 fully saturated rings. The Labute approximate surface area is 161 Å². The molecule has 0 bridgehead atoms. The molecule has 3 rings (SSSR count). The summed E-state index contributed by atoms with van der Waals surface area (Å²) in [6.45, 7) is 3.19. The minimum absolute atomic E-state index is 0.0897. The van der Waals surface area contributed by atoms with Crippen molar-refractivity contribution in [3.05, 3.63) is 62.3 Å². The maximum atomic E-state index is 12.7. The van der Waals surface area contributed by atoms with Gasteiger partial charge in [0.05, 0.1) is 12.5 Å². The van der Waals surface area contributed by atoms with Gasteiger partial charge in [-0.25, -0.2) is 4.79 Å². The van der Waals surface area contributed by atoms with Crippen molar-refractivity contribution >= 4 is 17.6 Å². The molecule has 1 aliphatic carbocycles. The second kappa shape index (κ2) is 7.84. The Kier molecular flexibility index (Phi) is 5.48. The SMILES string of the molecule is CCn1c(=O)c(C(=O)COC(=O)[C@H]2C[C@H]2C)c(N)n(Cc2ccccc2)c1=O. The maximum Gasteiger partial charge on any atom is 0.332 e. The Morgan fingerprint density at radius 3 is 2.39 bits per heavy atom. The molecule has 28 heavy (non-hydrogen) atoms. The smallest absolute Gasteiger partial charge is 0.332 e. The molecule has 2 atom stereocenters. The van der Waals surface area contributed by atoms with Gasteiger partial charge in [-0.15, -0.1) is 0 Å². The Morgan fingerprint density at radius 1 is 1.18 bits per heavy atom. The van der Waals surface area contributed by atoms with E-state index < -0.39 is 29.6 Å². The van der Waals surface area contributed by atoms with Crippen molar-refractivity contribution < 1.29 is 14.3 Å². The summed E-state index contributed by atoms with van der Waals surface area (Å²) in [4.78, 5) is 49.8. The Morgan fingerprint density at radius 2 is 1.82 bits per heavy atom. The molecule has 1 heterocycles. The molecular formula is C20H23N3O5. The fraction of sp³-hybridized carbons (Fsp3) is 0.400. The van der Waals surface area contributed by atoms with Crippen molar-refractivity contribution in [2.45, 2.75) is 33.4 Å². The molecule has 0 amide bonds. The minimum Gasteiger partial charge on any atom is -0.457 e. The van der Waals surface area contributed by atoms with Crippen LogP contribution in [-0.2, 0) is 22.6 Å². The van der Waals surface area contributed by atoms with Crippen LogP contribution in [0.25, 0.3) is 0 Å². The fourth-order valence-corrected chi connectivity index (χ4v) is 3.14. The molecule has 1 aromatic heterocycles. The number of nitrogens with two attached hydrogens (primary N) is 1. The van der Waals surface area contributed by atoms with Gasteiger partial charge in [-0.05, 0) is 24.8 Å². The van der Waals surface area contributed by atoms with Gasteiger partial charge in [0.2, 0.25) is 5.78 Å². The third-order valence-corrected chi connectivity index (χ3v) is 5.00. The van der Waals surface area contributed by atoms with Gasteiger partial charge in [0.15, 0.2) is 6.61 Å². The zero-order chi connectivity index (χ0) is 20.4. The van der Waals surface area contributed by atoms with E-state index in [1.54, 1.807) is 6.92 Å². The average molecular weight is 385 g/mol. The molecule has 1 aliphatic rings. The number of hydrogen-bond acceptors (Lipinski definition) is 6. The van der Waals surface area contributed by atoms with Gasteiger partial charge in [-0.2, -0.15) is 0 Å². The van der Waals surface area contributed by atoms with E-state index in [9.17, 15) is 19.2 Å². The van der Waals surface area contributed by atoms with Crippen molar-refractivity contribution in [1.82, 2.24) is 9.13 Å². The van der Waals surface area contributed by atoms with Gasteiger partial charge in [-0.3, -0.25) is 23.5 Å². The fourth-order valence-electron chi connectivity index (χ4n) is 3.14. The number of ether oxygens (including phenoxy) is 1. The van der Waals surface area contributed by atoms with Crippen LogP contribution in [0.15, 0.2) is 39.9 Å². The number of benzene rings is 1. The molecular weight excluding hydrogens is 362 g/mol. The van der Waals surface area contributed by atoms with Crippen LogP contribution < -0.4 is 17.0 Å². The van der Waals surface area contributed by atoms with E-state index in [1.807, 2.05) is 37.3 Å². The van der Waals surface area contributed by atoms with Crippen molar-refractivity contribution in [2.24, 2.45) is 11.8 Å². The van der Waals surface area contributed by atoms with E-state index in [1.165, 1.54) is 4.57 Å². The maximum absolute atomic E-state index is 12.7. The van der Waals surface area contributed by atoms with Crippen LogP contribution in [-0.4, -0.2) is 27.5 Å². The van der Waals surface area contributed by atoms with Gasteiger partial charge < -0.3 is 10.5 Å². The lowest BCUT2D eigenvalue weighted by atomic mass is 10.2. The number of nitrogen functional groups attached to an aromatic ring is 1. The van der Waals surface area contributed by atoms with E-state index >= 15 is 0 Å². The lowest BCUT2D eigenvalue weighted by Crippen LogP contribution is -2.44. The predicted molar refractivity (Wildman–Crippen MR) is 103 cm³/mol. The number of anilines is 1. The van der Waals surface area contributed by atoms with Gasteiger partial charge in [0, 0.05) is 6.54 Å². The molecule has 2 aromatic rings. The van der Waals surface area contributed by atoms with E-state index in [0.717, 1.165) is 16.6 Å². The van der Waals surface area contributed by atoms with E-state index in [2.05, 4.69) is 0 Å². The van der Waals surface area contributed by atoms with Crippen LogP contribution in [0.5, 0.6) is 0 Å². The summed E-state index contributed by atoms with van der Waals surface area (Å²) in [5.41, 5.74) is 5.16. The molecule has 1 aromatic carbocycles. The topological polar surface area (TPSA) is 113 Å². The monoisotopic (exact) mass is 385 g/mol. The summed E-state index contributed by atoms with van der Waals surface area (Å²) in [5.74, 6) is -1.33. The number of Topliss-reactive ketones (excluding diaryl/α,β-unsaturated/α-hetero) is 1. The number of hydrogen-bond donors (Lipinski definition) is 1. The van der Waals surface area contributed by atoms with Crippen LogP contribution in [0.3, 0.4) is 0 Å². The normalized spacial score (nSPS) is 17.9. The first kappa shape index (κ1) is 19.6. The molecule has 0 radical (unpaired) electrons. The highest BCUT2D eigenvalue weighted by atomic mass is 16.5. The van der Waals surface area contributed by atoms with Crippen LogP contribution >= 0.6 is 0 Å². The Hall–Kier alpha value is -3.16. The Balaban J connectivity index is 1.94. The van der Waals surface area contributed by atoms with Gasteiger partial charge in [-0.1, -0.05) is 37.3 Å². The van der Waals surface area contributed by atoms with Crippen molar-refractivity contribution in [3.63, 3.8) is 0 Å². The lowest BCUT2D eigenvalue weighted by Gasteiger charge is -2.15. The van der Waals surface area contributed by atoms with Crippen molar-refractivity contribution in [3.8, 4) is 0 Å². The summed E-state index contributed by atoms with van der Waals surface area (Å²) in [6, 6.07) is 9.10. The highest BCUT2D eigenvalue weighted by Crippen LogP contribution is 2.38. The first-order chi connectivity index (χ1) is 13.3. The van der Waals surface area contributed by atoms with Gasteiger partial charge in [0.1, 0.15) is 11.4 Å². The van der Waals surface area contributed by atoms with Gasteiger partial charge >= 0.3 is 11.7 Å². The molecule has 0 unspecified atom stereocenters. The zero-order valence-electron chi connectivity index (χ0n) is 15.9. The number of carbonyl (C=O) groups is 2. The zero-order valence-corrected chi connectivity index (χ0v) is 15.9. The number of carbonyl (C=O) groups excluding carboxylic acids is 2. The first-order valence-corrected chi connectivity index (χ1v) is 9.22. The second-order valence-corrected chi connectivity index (χ2v) is 7.01. The average Bonchev–Trinajstić information content (AvgIpc) is 3.41. The number of nitrogens with zero attached hydrogens (tertiary/aromatic N) is 2. The molecule has 148 valence electrons. The van der Waals surface area contributed by atoms with Crippen LogP contribution in [0.2, 0.25) is 0 Å². The number of rotatable bonds is 7. The quantitative estimate of drug-likeness (QED) is 0.563. The van der Waals surface area contributed by atoms with E-state index in [0.29, 0.717) is 0 Å². The third kappa shape index (κ3) is 3.76. The largest absolute Gasteiger partial charge is 0.457 e. The van der Waals surface area contributed by atoms with Crippen LogP contribution in [0, 0.1) is 11.8 Å². The second-order valence-electron chi connectivity index (χ2n) is 7.01. The molecule has 1 saturated carbocycles. The van der Waals surface area contributed by atoms with Crippen molar-refractivity contribution in [1.29, 1.82) is 0 Å². The molecule has 0 aliphatic heterocycles. The predicted octanol–water partition coefficient (Wildman–Crippen LogP) is 1.04. The van der Waals surface area contributed by atoms with Gasteiger partial charge in [0.25, 0.3) is 5.56 Å². The standard InChI is InChI=1S/C20H23N3O5/c1-3-22-18(25)16(15(24)11-28-19(26)14-9-12(14)2)17(21)23(20(22)27)10-13-7-5-4-6-8-13/h4-8,12,14H,3,9-11,21H2,1-2H3/t12-,14+/m1/s1. The van der Waals surface area contributed by atoms with E-state index in [4.69, 9.17) is 10.5 Å². The molecule has 0 saturated heterocycles. The summed E-state index contributed by atoms with van der Waals surface area (Å²) < 4.78 is 7.19. The summed E-state index contributed by atoms with van der Waals surface area (Å²) in [7, 11) is 0. The third-order valence-electron chi connectivity index (χ3n) is 5.00. The summed E-state index contributed by atoms with van der Waals surface area (Å²) in [6.07, 6.45) is 0.736. The number of esters is 1. The number of aromatic nitrogens is 2. The molecule has 8 heteroatoms. The highest BCUT2D eigenvalue weighted by molar-refractivity contribution is 6.01. The van der Waals surface area contributed by atoms with Crippen LogP contribution in [0.4, 0.5) is 5.82 Å². The lowest BCUT2D eigenvalue weighted by molar-refractivity contribution is -0.144. The molecule has 2 N–H and O–H groups in total. The number of ketones is 1. The summed E-state index contributed by atoms with van der Waals surface area (Å²) in [5, 5.41) is 0. The Bertz CT molecular complexity index is 1020. The van der Waals surface area contributed by atoms with Crippen molar-refractivity contribution in [2.75, 3.05) is 12.3 Å². The molecule has 8 nitrogen and oxygen atoms in total. The summed E-state index contributed by atoms with van der Waals surface area (Å²) >= 11 is 0. The minimum atomic E-state index is -0.768. The van der Waals surface area contributed by atoms with Crippen LogP contribution in [0.1, 0.15) is 36.2 Å². The highest BCUT2D eigenvalue weighted by Gasteiger charge is 2.40.